The lowest BCUT2D eigenvalue weighted by Crippen LogP contribution is -3.13. The minimum Gasteiger partial charge on any atom is -0.484 e. The Morgan fingerprint density at radius 3 is 2.27 bits per heavy atom. The van der Waals surface area contributed by atoms with Gasteiger partial charge < -0.3 is 14.5 Å². The molecule has 1 fully saturated rings. The predicted molar refractivity (Wildman–Crippen MR) is 106 cm³/mol. The van der Waals surface area contributed by atoms with Crippen molar-refractivity contribution < 1.29 is 14.4 Å². The minimum absolute atomic E-state index is 0.0688. The first-order valence-electron chi connectivity index (χ1n) is 9.21. The average Bonchev–Trinajstić information content (AvgIpc) is 2.68. The van der Waals surface area contributed by atoms with Gasteiger partial charge in [-0.1, -0.05) is 47.1 Å². The molecule has 0 unspecified atom stereocenters. The molecule has 1 saturated heterocycles. The number of piperazine rings is 1. The summed E-state index contributed by atoms with van der Waals surface area (Å²) in [5.41, 5.74) is 2.75. The first-order chi connectivity index (χ1) is 12.6. The third kappa shape index (κ3) is 5.32. The summed E-state index contributed by atoms with van der Waals surface area (Å²) >= 11 is 3.39. The zero-order valence-electron chi connectivity index (χ0n) is 15.2. The number of aryl methyl sites for hydroxylation is 1. The number of carbonyl (C=O) groups is 1. The Morgan fingerprint density at radius 1 is 1.04 bits per heavy atom. The molecule has 1 heterocycles. The number of quaternary nitrogens is 1. The van der Waals surface area contributed by atoms with Crippen LogP contribution in [-0.2, 0) is 17.8 Å². The van der Waals surface area contributed by atoms with Gasteiger partial charge in [-0.3, -0.25) is 4.79 Å². The summed E-state index contributed by atoms with van der Waals surface area (Å²) in [4.78, 5) is 15.8. The molecule has 3 rings (SSSR count). The first kappa shape index (κ1) is 18.9. The summed E-state index contributed by atoms with van der Waals surface area (Å²) < 4.78 is 6.60. The average molecular weight is 418 g/mol. The van der Waals surface area contributed by atoms with E-state index in [1.54, 1.807) is 0 Å². The monoisotopic (exact) mass is 417 g/mol. The molecule has 0 radical (unpaired) electrons. The van der Waals surface area contributed by atoms with Gasteiger partial charge in [0.2, 0.25) is 0 Å². The van der Waals surface area contributed by atoms with Crippen LogP contribution in [0.4, 0.5) is 0 Å². The highest BCUT2D eigenvalue weighted by atomic mass is 79.9. The second-order valence-corrected chi connectivity index (χ2v) is 7.64. The lowest BCUT2D eigenvalue weighted by atomic mass is 10.1. The highest BCUT2D eigenvalue weighted by molar-refractivity contribution is 9.10. The summed E-state index contributed by atoms with van der Waals surface area (Å²) in [7, 11) is 0. The van der Waals surface area contributed by atoms with E-state index in [4.69, 9.17) is 4.74 Å². The number of nitrogens with zero attached hydrogens (tertiary/aromatic N) is 1. The number of hydrogen-bond acceptors (Lipinski definition) is 2. The number of hydrogen-bond donors (Lipinski definition) is 1. The Balaban J connectivity index is 1.42. The van der Waals surface area contributed by atoms with E-state index in [9.17, 15) is 4.79 Å². The van der Waals surface area contributed by atoms with Crippen molar-refractivity contribution in [2.75, 3.05) is 32.8 Å². The highest BCUT2D eigenvalue weighted by Crippen LogP contribution is 2.16. The van der Waals surface area contributed by atoms with Crippen molar-refractivity contribution in [1.82, 2.24) is 4.90 Å². The van der Waals surface area contributed by atoms with Crippen molar-refractivity contribution in [3.8, 4) is 5.75 Å². The van der Waals surface area contributed by atoms with Crippen molar-refractivity contribution in [2.45, 2.75) is 19.9 Å². The molecule has 4 nitrogen and oxygen atoms in total. The van der Waals surface area contributed by atoms with Crippen molar-refractivity contribution >= 4 is 21.8 Å². The van der Waals surface area contributed by atoms with E-state index >= 15 is 0 Å². The normalized spacial score (nSPS) is 15.1. The smallest absolute Gasteiger partial charge is 0.260 e. The molecule has 1 amide bonds. The molecular weight excluding hydrogens is 392 g/mol. The number of carbonyl (C=O) groups excluding carboxylic acids is 1. The van der Waals surface area contributed by atoms with Gasteiger partial charge in [-0.05, 0) is 36.2 Å². The van der Waals surface area contributed by atoms with Gasteiger partial charge in [0.1, 0.15) is 12.3 Å². The van der Waals surface area contributed by atoms with Gasteiger partial charge >= 0.3 is 0 Å². The number of benzene rings is 2. The Morgan fingerprint density at radius 2 is 1.65 bits per heavy atom. The topological polar surface area (TPSA) is 34.0 Å². The first-order valence-corrected chi connectivity index (χ1v) is 10.0. The minimum atomic E-state index is 0.0688. The number of amides is 1. The lowest BCUT2D eigenvalue weighted by molar-refractivity contribution is -0.917. The molecule has 1 N–H and O–H groups in total. The third-order valence-electron chi connectivity index (χ3n) is 4.88. The lowest BCUT2D eigenvalue weighted by Gasteiger charge is -2.32. The summed E-state index contributed by atoms with van der Waals surface area (Å²) in [6.45, 7) is 6.88. The zero-order valence-corrected chi connectivity index (χ0v) is 16.8. The molecule has 2 aromatic rings. The SMILES string of the molecule is CCc1ccc(C[NH+]2CCN(C(=O)COc3ccc(Br)cc3)CC2)cc1. The van der Waals surface area contributed by atoms with Crippen molar-refractivity contribution in [2.24, 2.45) is 0 Å². The van der Waals surface area contributed by atoms with Crippen LogP contribution in [0.25, 0.3) is 0 Å². The van der Waals surface area contributed by atoms with Gasteiger partial charge in [-0.15, -0.1) is 0 Å². The summed E-state index contributed by atoms with van der Waals surface area (Å²) in [6.07, 6.45) is 1.08. The number of nitrogens with one attached hydrogen (secondary N) is 1. The van der Waals surface area contributed by atoms with E-state index in [0.717, 1.165) is 49.4 Å². The Hall–Kier alpha value is -1.85. The standard InChI is InChI=1S/C21H25BrN2O2/c1-2-17-3-5-18(6-4-17)15-23-11-13-24(14-12-23)21(25)16-26-20-9-7-19(22)8-10-20/h3-10H,2,11-16H2,1H3/p+1. The van der Waals surface area contributed by atoms with Crippen LogP contribution in [0.3, 0.4) is 0 Å². The van der Waals surface area contributed by atoms with Crippen LogP contribution < -0.4 is 9.64 Å². The van der Waals surface area contributed by atoms with Crippen molar-refractivity contribution in [3.63, 3.8) is 0 Å². The molecule has 0 atom stereocenters. The number of ether oxygens (including phenoxy) is 1. The van der Waals surface area contributed by atoms with Gasteiger partial charge in [0.05, 0.1) is 26.2 Å². The molecule has 26 heavy (non-hydrogen) atoms. The number of rotatable bonds is 6. The summed E-state index contributed by atoms with van der Waals surface area (Å²) in [5.74, 6) is 0.792. The van der Waals surface area contributed by atoms with Crippen LogP contribution in [0.15, 0.2) is 53.0 Å². The molecular formula is C21H26BrN2O2+. The van der Waals surface area contributed by atoms with Crippen molar-refractivity contribution in [3.05, 3.63) is 64.1 Å². The predicted octanol–water partition coefficient (Wildman–Crippen LogP) is 2.32. The summed E-state index contributed by atoms with van der Waals surface area (Å²) in [6, 6.07) is 16.4. The van der Waals surface area contributed by atoms with Crippen LogP contribution in [0.5, 0.6) is 5.75 Å². The largest absolute Gasteiger partial charge is 0.484 e. The fourth-order valence-electron chi connectivity index (χ4n) is 3.20. The second-order valence-electron chi connectivity index (χ2n) is 6.72. The van der Waals surface area contributed by atoms with E-state index in [2.05, 4.69) is 47.1 Å². The molecule has 1 aliphatic heterocycles. The fraction of sp³-hybridized carbons (Fsp3) is 0.381. The maximum absolute atomic E-state index is 12.4. The van der Waals surface area contributed by atoms with Gasteiger partial charge in [0.15, 0.2) is 6.61 Å². The van der Waals surface area contributed by atoms with Crippen LogP contribution >= 0.6 is 15.9 Å². The Bertz CT molecular complexity index is 708. The van der Waals surface area contributed by atoms with Crippen LogP contribution in [0.1, 0.15) is 18.1 Å². The van der Waals surface area contributed by atoms with Gasteiger partial charge in [0.25, 0.3) is 5.91 Å². The third-order valence-corrected chi connectivity index (χ3v) is 5.41. The highest BCUT2D eigenvalue weighted by Gasteiger charge is 2.24. The molecule has 0 aromatic heterocycles. The Kier molecular flexibility index (Phi) is 6.69. The van der Waals surface area contributed by atoms with Gasteiger partial charge in [-0.2, -0.15) is 0 Å². The second kappa shape index (κ2) is 9.19. The van der Waals surface area contributed by atoms with E-state index in [-0.39, 0.29) is 12.5 Å². The molecule has 0 bridgehead atoms. The van der Waals surface area contributed by atoms with Gasteiger partial charge in [0, 0.05) is 10.0 Å². The quantitative estimate of drug-likeness (QED) is 0.782. The maximum Gasteiger partial charge on any atom is 0.260 e. The molecule has 0 spiro atoms. The Labute approximate surface area is 163 Å². The molecule has 2 aromatic carbocycles. The molecule has 0 aliphatic carbocycles. The van der Waals surface area contributed by atoms with E-state index in [0.29, 0.717) is 0 Å². The van der Waals surface area contributed by atoms with E-state index in [1.807, 2.05) is 29.2 Å². The molecule has 138 valence electrons. The summed E-state index contributed by atoms with van der Waals surface area (Å²) in [5, 5.41) is 0. The van der Waals surface area contributed by atoms with Crippen molar-refractivity contribution in [1.29, 1.82) is 0 Å². The molecule has 1 aliphatic rings. The molecule has 0 saturated carbocycles. The molecule has 5 heteroatoms. The zero-order chi connectivity index (χ0) is 18.4. The fourth-order valence-corrected chi connectivity index (χ4v) is 3.46. The van der Waals surface area contributed by atoms with E-state index < -0.39 is 0 Å². The van der Waals surface area contributed by atoms with Crippen LogP contribution in [-0.4, -0.2) is 43.6 Å². The van der Waals surface area contributed by atoms with E-state index in [1.165, 1.54) is 16.0 Å². The van der Waals surface area contributed by atoms with Crippen LogP contribution in [0, 0.1) is 0 Å². The number of halogens is 1. The maximum atomic E-state index is 12.4. The van der Waals surface area contributed by atoms with Gasteiger partial charge in [-0.25, -0.2) is 0 Å². The van der Waals surface area contributed by atoms with Crippen LogP contribution in [0.2, 0.25) is 0 Å².